The van der Waals surface area contributed by atoms with Crippen molar-refractivity contribution < 1.29 is 14.5 Å². The van der Waals surface area contributed by atoms with Gasteiger partial charge in [-0.05, 0) is 19.1 Å². The van der Waals surface area contributed by atoms with Crippen molar-refractivity contribution in [1.82, 2.24) is 0 Å². The first-order chi connectivity index (χ1) is 9.54. The third kappa shape index (κ3) is 2.54. The first-order valence-corrected chi connectivity index (χ1v) is 6.05. The number of esters is 1. The first kappa shape index (κ1) is 13.8. The molecule has 0 amide bonds. The molecule has 0 spiro atoms. The fourth-order valence-electron chi connectivity index (χ4n) is 2.04. The van der Waals surface area contributed by atoms with Gasteiger partial charge < -0.3 is 10.1 Å². The maximum atomic E-state index is 11.4. The third-order valence-corrected chi connectivity index (χ3v) is 3.02. The molecule has 20 heavy (non-hydrogen) atoms. The first-order valence-electron chi connectivity index (χ1n) is 6.05. The summed E-state index contributed by atoms with van der Waals surface area (Å²) >= 11 is 0. The maximum absolute atomic E-state index is 11.4. The van der Waals surface area contributed by atoms with E-state index in [4.69, 9.17) is 0 Å². The highest BCUT2D eigenvalue weighted by Crippen LogP contribution is 2.31. The lowest BCUT2D eigenvalue weighted by Crippen LogP contribution is -2.27. The van der Waals surface area contributed by atoms with Crippen LogP contribution in [0.2, 0.25) is 0 Å². The van der Waals surface area contributed by atoms with E-state index in [1.165, 1.54) is 13.2 Å². The molecule has 0 aliphatic carbocycles. The van der Waals surface area contributed by atoms with Crippen LogP contribution in [-0.4, -0.2) is 24.0 Å². The van der Waals surface area contributed by atoms with Crippen LogP contribution in [-0.2, 0) is 9.53 Å². The van der Waals surface area contributed by atoms with Crippen LogP contribution in [0.4, 0.5) is 11.4 Å². The summed E-state index contributed by atoms with van der Waals surface area (Å²) in [6.45, 7) is 1.67. The molecule has 2 aromatic rings. The number of benzene rings is 2. The summed E-state index contributed by atoms with van der Waals surface area (Å²) in [6, 6.07) is 9.47. The van der Waals surface area contributed by atoms with Crippen molar-refractivity contribution in [3.05, 3.63) is 46.5 Å². The molecule has 2 aromatic carbocycles. The molecule has 0 fully saturated rings. The van der Waals surface area contributed by atoms with Crippen molar-refractivity contribution in [2.45, 2.75) is 13.0 Å². The predicted octanol–water partition coefficient (Wildman–Crippen LogP) is 2.72. The average Bonchev–Trinajstić information content (AvgIpc) is 2.46. The normalized spacial score (nSPS) is 11.9. The minimum Gasteiger partial charge on any atom is -0.467 e. The van der Waals surface area contributed by atoms with Crippen LogP contribution in [0.5, 0.6) is 0 Å². The van der Waals surface area contributed by atoms with Crippen LogP contribution in [0.15, 0.2) is 36.4 Å². The van der Waals surface area contributed by atoms with Crippen LogP contribution in [0.1, 0.15) is 6.92 Å². The number of nitrogens with zero attached hydrogens (tertiary/aromatic N) is 1. The van der Waals surface area contributed by atoms with Gasteiger partial charge in [0.1, 0.15) is 6.04 Å². The molecule has 0 bridgehead atoms. The molecule has 0 aromatic heterocycles. The molecule has 0 aliphatic heterocycles. The van der Waals surface area contributed by atoms with Gasteiger partial charge in [0.05, 0.1) is 17.4 Å². The zero-order valence-electron chi connectivity index (χ0n) is 11.1. The van der Waals surface area contributed by atoms with Crippen molar-refractivity contribution in [1.29, 1.82) is 0 Å². The number of carbonyl (C=O) groups excluding carboxylic acids is 1. The smallest absolute Gasteiger partial charge is 0.327 e. The molecule has 6 nitrogen and oxygen atoms in total. The summed E-state index contributed by atoms with van der Waals surface area (Å²) in [5.41, 5.74) is 0.695. The summed E-state index contributed by atoms with van der Waals surface area (Å²) in [7, 11) is 1.31. The van der Waals surface area contributed by atoms with Crippen LogP contribution in [0.25, 0.3) is 10.8 Å². The minimum atomic E-state index is -0.537. The highest BCUT2D eigenvalue weighted by molar-refractivity contribution is 6.00. The summed E-state index contributed by atoms with van der Waals surface area (Å²) in [5, 5.41) is 15.2. The number of hydrogen-bond acceptors (Lipinski definition) is 5. The highest BCUT2D eigenvalue weighted by atomic mass is 16.6. The van der Waals surface area contributed by atoms with E-state index in [1.54, 1.807) is 37.3 Å². The molecule has 1 N–H and O–H groups in total. The Bertz CT molecular complexity index is 669. The predicted molar refractivity (Wildman–Crippen MR) is 75.7 cm³/mol. The monoisotopic (exact) mass is 274 g/mol. The largest absolute Gasteiger partial charge is 0.467 e. The fourth-order valence-corrected chi connectivity index (χ4v) is 2.04. The second kappa shape index (κ2) is 5.56. The molecule has 0 radical (unpaired) electrons. The summed E-state index contributed by atoms with van der Waals surface area (Å²) in [4.78, 5) is 22.0. The number of rotatable bonds is 4. The molecular weight excluding hydrogens is 260 g/mol. The number of non-ortho nitro benzene ring substituents is 1. The van der Waals surface area contributed by atoms with Gasteiger partial charge in [-0.1, -0.05) is 18.2 Å². The molecule has 0 saturated carbocycles. The second-order valence-electron chi connectivity index (χ2n) is 4.32. The Hall–Kier alpha value is -2.63. The Labute approximate surface area is 115 Å². The zero-order valence-corrected chi connectivity index (χ0v) is 11.1. The Kier molecular flexibility index (Phi) is 3.84. The van der Waals surface area contributed by atoms with Crippen molar-refractivity contribution in [2.75, 3.05) is 12.4 Å². The van der Waals surface area contributed by atoms with Crippen molar-refractivity contribution in [2.24, 2.45) is 0 Å². The third-order valence-electron chi connectivity index (χ3n) is 3.02. The molecule has 0 saturated heterocycles. The van der Waals surface area contributed by atoms with E-state index < -0.39 is 16.9 Å². The lowest BCUT2D eigenvalue weighted by atomic mass is 10.1. The van der Waals surface area contributed by atoms with Gasteiger partial charge in [0.2, 0.25) is 0 Å². The zero-order chi connectivity index (χ0) is 14.7. The van der Waals surface area contributed by atoms with E-state index in [0.29, 0.717) is 16.5 Å². The van der Waals surface area contributed by atoms with Gasteiger partial charge in [-0.3, -0.25) is 10.1 Å². The molecule has 0 heterocycles. The van der Waals surface area contributed by atoms with E-state index in [0.717, 1.165) is 0 Å². The van der Waals surface area contributed by atoms with E-state index in [1.807, 2.05) is 0 Å². The number of nitro groups is 1. The van der Waals surface area contributed by atoms with E-state index in [-0.39, 0.29) is 5.69 Å². The highest BCUT2D eigenvalue weighted by Gasteiger charge is 2.17. The van der Waals surface area contributed by atoms with Gasteiger partial charge >= 0.3 is 5.97 Å². The molecule has 1 unspecified atom stereocenters. The van der Waals surface area contributed by atoms with Gasteiger partial charge in [-0.2, -0.15) is 0 Å². The summed E-state index contributed by atoms with van der Waals surface area (Å²) in [6.07, 6.45) is 0. The van der Waals surface area contributed by atoms with E-state index in [9.17, 15) is 14.9 Å². The SMILES string of the molecule is COC(=O)C(C)Nc1ccc([N+](=O)[O-])c2ccccc12. The Balaban J connectivity index is 2.48. The minimum absolute atomic E-state index is 0.0388. The standard InChI is InChI=1S/C14H14N2O4/c1-9(14(17)20-2)15-12-7-8-13(16(18)19)11-6-4-3-5-10(11)12/h3-9,15H,1-2H3. The number of ether oxygens (including phenoxy) is 1. The second-order valence-corrected chi connectivity index (χ2v) is 4.32. The van der Waals surface area contributed by atoms with Crippen LogP contribution >= 0.6 is 0 Å². The lowest BCUT2D eigenvalue weighted by Gasteiger charge is -2.14. The van der Waals surface area contributed by atoms with Gasteiger partial charge in [0, 0.05) is 17.1 Å². The quantitative estimate of drug-likeness (QED) is 0.526. The lowest BCUT2D eigenvalue weighted by molar-refractivity contribution is -0.383. The Morgan fingerprint density at radius 3 is 2.50 bits per heavy atom. The number of anilines is 1. The van der Waals surface area contributed by atoms with Crippen LogP contribution in [0.3, 0.4) is 0 Å². The summed E-state index contributed by atoms with van der Waals surface area (Å²) < 4.78 is 4.65. The number of nitro benzene ring substituents is 1. The van der Waals surface area contributed by atoms with Crippen molar-refractivity contribution in [3.8, 4) is 0 Å². The average molecular weight is 274 g/mol. The van der Waals surface area contributed by atoms with Crippen LogP contribution in [0, 0.1) is 10.1 Å². The number of methoxy groups -OCH3 is 1. The van der Waals surface area contributed by atoms with Crippen LogP contribution < -0.4 is 5.32 Å². The van der Waals surface area contributed by atoms with Gasteiger partial charge in [0.25, 0.3) is 5.69 Å². The number of carbonyl (C=O) groups is 1. The van der Waals surface area contributed by atoms with E-state index >= 15 is 0 Å². The molecule has 1 atom stereocenters. The van der Waals surface area contributed by atoms with E-state index in [2.05, 4.69) is 10.1 Å². The molecule has 6 heteroatoms. The number of hydrogen-bond donors (Lipinski definition) is 1. The molecule has 104 valence electrons. The molecule has 0 aliphatic rings. The van der Waals surface area contributed by atoms with Crippen molar-refractivity contribution >= 4 is 28.1 Å². The van der Waals surface area contributed by atoms with Gasteiger partial charge in [-0.15, -0.1) is 0 Å². The molecular formula is C14H14N2O4. The molecule has 2 rings (SSSR count). The Morgan fingerprint density at radius 1 is 1.25 bits per heavy atom. The Morgan fingerprint density at radius 2 is 1.90 bits per heavy atom. The maximum Gasteiger partial charge on any atom is 0.327 e. The fraction of sp³-hybridized carbons (Fsp3) is 0.214. The van der Waals surface area contributed by atoms with Gasteiger partial charge in [-0.25, -0.2) is 4.79 Å². The number of fused-ring (bicyclic) bond motifs is 1. The van der Waals surface area contributed by atoms with Gasteiger partial charge in [0.15, 0.2) is 0 Å². The topological polar surface area (TPSA) is 81.5 Å². The van der Waals surface area contributed by atoms with Crippen molar-refractivity contribution in [3.63, 3.8) is 0 Å². The number of nitrogens with one attached hydrogen (secondary N) is 1. The summed E-state index contributed by atoms with van der Waals surface area (Å²) in [5.74, 6) is -0.396.